The van der Waals surface area contributed by atoms with Gasteiger partial charge in [-0.25, -0.2) is 9.97 Å². The summed E-state index contributed by atoms with van der Waals surface area (Å²) in [6, 6.07) is 1.70. The highest BCUT2D eigenvalue weighted by Gasteiger charge is 2.07. The maximum absolute atomic E-state index is 8.83. The minimum absolute atomic E-state index is 0.115. The summed E-state index contributed by atoms with van der Waals surface area (Å²) < 4.78 is 5.23. The summed E-state index contributed by atoms with van der Waals surface area (Å²) >= 11 is 0. The lowest BCUT2D eigenvalue weighted by atomic mass is 10.3. The molecular weight excluding hydrogens is 168 g/mol. The quantitative estimate of drug-likeness (QED) is 0.715. The molecule has 0 radical (unpaired) electrons. The third kappa shape index (κ3) is 1.29. The predicted octanol–water partition coefficient (Wildman–Crippen LogP) is 1.33. The van der Waals surface area contributed by atoms with Gasteiger partial charge in [0.2, 0.25) is 5.71 Å². The average Bonchev–Trinajstić information content (AvgIpc) is 2.48. The Morgan fingerprint density at radius 1 is 1.31 bits per heavy atom. The molecule has 2 aromatic heterocycles. The van der Waals surface area contributed by atoms with Crippen molar-refractivity contribution >= 4 is 11.2 Å². The minimum Gasteiger partial charge on any atom is -0.439 e. The zero-order valence-corrected chi connectivity index (χ0v) is 7.53. The summed E-state index contributed by atoms with van der Waals surface area (Å²) in [6.07, 6.45) is 0. The Bertz CT molecular complexity index is 409. The van der Waals surface area contributed by atoms with Crippen molar-refractivity contribution in [2.24, 2.45) is 0 Å². The first kappa shape index (κ1) is 8.19. The topological polar surface area (TPSA) is 59.2 Å². The first-order valence-electron chi connectivity index (χ1n) is 4.05. The summed E-state index contributed by atoms with van der Waals surface area (Å²) in [5.74, 6) is 0.500. The minimum atomic E-state index is -0.115. The summed E-state index contributed by atoms with van der Waals surface area (Å²) in [7, 11) is 0. The number of aromatic nitrogens is 2. The van der Waals surface area contributed by atoms with Crippen LogP contribution in [0.5, 0.6) is 0 Å². The molecule has 0 saturated heterocycles. The van der Waals surface area contributed by atoms with Gasteiger partial charge in [-0.2, -0.15) is 0 Å². The fraction of sp³-hybridized carbons (Fsp3) is 0.333. The lowest BCUT2D eigenvalue weighted by molar-refractivity contribution is 0.250. The fourth-order valence-electron chi connectivity index (χ4n) is 1.15. The Morgan fingerprint density at radius 2 is 2.00 bits per heavy atom. The van der Waals surface area contributed by atoms with E-state index in [1.807, 2.05) is 13.8 Å². The Balaban J connectivity index is 2.70. The maximum atomic E-state index is 8.83. The van der Waals surface area contributed by atoms with Crippen LogP contribution in [-0.4, -0.2) is 15.1 Å². The molecular formula is C9H10N2O2. The molecule has 0 fully saturated rings. The zero-order valence-electron chi connectivity index (χ0n) is 7.53. The molecule has 4 heteroatoms. The second kappa shape index (κ2) is 2.81. The van der Waals surface area contributed by atoms with Gasteiger partial charge in [-0.3, -0.25) is 0 Å². The van der Waals surface area contributed by atoms with Crippen LogP contribution in [0.3, 0.4) is 0 Å². The van der Waals surface area contributed by atoms with Crippen molar-refractivity contribution in [3.8, 4) is 0 Å². The number of hydrogen-bond acceptors (Lipinski definition) is 4. The van der Waals surface area contributed by atoms with Gasteiger partial charge in [0.05, 0.1) is 11.4 Å². The van der Waals surface area contributed by atoms with Crippen molar-refractivity contribution < 1.29 is 9.52 Å². The zero-order chi connectivity index (χ0) is 9.42. The van der Waals surface area contributed by atoms with Crippen molar-refractivity contribution in [2.45, 2.75) is 20.5 Å². The maximum Gasteiger partial charge on any atom is 0.245 e. The largest absolute Gasteiger partial charge is 0.439 e. The van der Waals surface area contributed by atoms with Crippen LogP contribution < -0.4 is 0 Å². The van der Waals surface area contributed by atoms with E-state index < -0.39 is 0 Å². The lowest BCUT2D eigenvalue weighted by Crippen LogP contribution is -1.90. The Labute approximate surface area is 75.2 Å². The van der Waals surface area contributed by atoms with Gasteiger partial charge in [0.25, 0.3) is 0 Å². The van der Waals surface area contributed by atoms with Gasteiger partial charge in [0.1, 0.15) is 17.9 Å². The van der Waals surface area contributed by atoms with Crippen LogP contribution in [0.25, 0.3) is 11.2 Å². The van der Waals surface area contributed by atoms with Crippen LogP contribution in [0.2, 0.25) is 0 Å². The van der Waals surface area contributed by atoms with E-state index in [0.717, 1.165) is 11.4 Å². The molecule has 0 aliphatic heterocycles. The summed E-state index contributed by atoms with van der Waals surface area (Å²) in [5.41, 5.74) is 2.93. The van der Waals surface area contributed by atoms with Crippen LogP contribution in [0.1, 0.15) is 17.1 Å². The molecule has 2 rings (SSSR count). The molecule has 0 atom stereocenters. The molecule has 68 valence electrons. The predicted molar refractivity (Wildman–Crippen MR) is 47.2 cm³/mol. The first-order chi connectivity index (χ1) is 6.20. The van der Waals surface area contributed by atoms with E-state index in [0.29, 0.717) is 17.0 Å². The number of aryl methyl sites for hydroxylation is 2. The van der Waals surface area contributed by atoms with Crippen LogP contribution >= 0.6 is 0 Å². The Morgan fingerprint density at radius 3 is 2.69 bits per heavy atom. The van der Waals surface area contributed by atoms with Gasteiger partial charge in [-0.15, -0.1) is 0 Å². The third-order valence-electron chi connectivity index (χ3n) is 1.98. The molecule has 0 aromatic carbocycles. The van der Waals surface area contributed by atoms with Crippen molar-refractivity contribution in [2.75, 3.05) is 0 Å². The second-order valence-electron chi connectivity index (χ2n) is 2.96. The number of aliphatic hydroxyl groups excluding tert-OH is 1. The van der Waals surface area contributed by atoms with Gasteiger partial charge >= 0.3 is 0 Å². The molecule has 0 aliphatic carbocycles. The summed E-state index contributed by atoms with van der Waals surface area (Å²) in [4.78, 5) is 8.48. The van der Waals surface area contributed by atoms with Crippen molar-refractivity contribution in [1.29, 1.82) is 0 Å². The molecule has 2 aromatic rings. The molecule has 0 unspecified atom stereocenters. The monoisotopic (exact) mass is 178 g/mol. The van der Waals surface area contributed by atoms with Crippen LogP contribution in [0, 0.1) is 13.8 Å². The third-order valence-corrected chi connectivity index (χ3v) is 1.98. The van der Waals surface area contributed by atoms with Crippen molar-refractivity contribution in [1.82, 2.24) is 9.97 Å². The average molecular weight is 178 g/mol. The number of nitrogens with zero attached hydrogens (tertiary/aromatic N) is 2. The number of aliphatic hydroxyl groups is 1. The van der Waals surface area contributed by atoms with Crippen LogP contribution in [0.4, 0.5) is 0 Å². The van der Waals surface area contributed by atoms with Gasteiger partial charge < -0.3 is 9.52 Å². The van der Waals surface area contributed by atoms with E-state index >= 15 is 0 Å². The van der Waals surface area contributed by atoms with Crippen LogP contribution in [-0.2, 0) is 6.61 Å². The van der Waals surface area contributed by atoms with Gasteiger partial charge in [-0.1, -0.05) is 0 Å². The Hall–Kier alpha value is -1.42. The number of fused-ring (bicyclic) bond motifs is 1. The van der Waals surface area contributed by atoms with Gasteiger partial charge in [-0.05, 0) is 13.8 Å². The Kier molecular flexibility index (Phi) is 1.77. The smallest absolute Gasteiger partial charge is 0.245 e. The van der Waals surface area contributed by atoms with E-state index in [1.165, 1.54) is 0 Å². The normalized spacial score (nSPS) is 11.0. The molecule has 13 heavy (non-hydrogen) atoms. The SMILES string of the molecule is Cc1nc2cc(CO)oc2nc1C. The van der Waals surface area contributed by atoms with E-state index in [1.54, 1.807) is 6.07 Å². The molecule has 4 nitrogen and oxygen atoms in total. The molecule has 1 N–H and O–H groups in total. The molecule has 0 saturated carbocycles. The van der Waals surface area contributed by atoms with E-state index in [4.69, 9.17) is 9.52 Å². The highest BCUT2D eigenvalue weighted by molar-refractivity contribution is 5.69. The highest BCUT2D eigenvalue weighted by Crippen LogP contribution is 2.16. The molecule has 0 amide bonds. The highest BCUT2D eigenvalue weighted by atomic mass is 16.4. The fourth-order valence-corrected chi connectivity index (χ4v) is 1.15. The molecule has 2 heterocycles. The summed E-state index contributed by atoms with van der Waals surface area (Å²) in [5, 5.41) is 8.83. The van der Waals surface area contributed by atoms with Crippen LogP contribution in [0.15, 0.2) is 10.5 Å². The van der Waals surface area contributed by atoms with E-state index in [-0.39, 0.29) is 6.61 Å². The molecule has 0 bridgehead atoms. The number of hydrogen-bond donors (Lipinski definition) is 1. The van der Waals surface area contributed by atoms with Crippen molar-refractivity contribution in [3.63, 3.8) is 0 Å². The van der Waals surface area contributed by atoms with Gasteiger partial charge in [0, 0.05) is 6.07 Å². The number of furan rings is 1. The molecule has 0 spiro atoms. The van der Waals surface area contributed by atoms with Gasteiger partial charge in [0.15, 0.2) is 0 Å². The number of rotatable bonds is 1. The van der Waals surface area contributed by atoms with E-state index in [2.05, 4.69) is 9.97 Å². The standard InChI is InChI=1S/C9H10N2O2/c1-5-6(2)11-9-8(10-5)3-7(4-12)13-9/h3,12H,4H2,1-2H3. The first-order valence-corrected chi connectivity index (χ1v) is 4.05. The second-order valence-corrected chi connectivity index (χ2v) is 2.96. The summed E-state index contributed by atoms with van der Waals surface area (Å²) in [6.45, 7) is 3.66. The van der Waals surface area contributed by atoms with Crippen molar-refractivity contribution in [3.05, 3.63) is 23.2 Å². The van der Waals surface area contributed by atoms with E-state index in [9.17, 15) is 0 Å². The lowest BCUT2D eigenvalue weighted by Gasteiger charge is -1.95. The molecule has 0 aliphatic rings.